The van der Waals surface area contributed by atoms with Crippen molar-refractivity contribution in [2.24, 2.45) is 0 Å². The van der Waals surface area contributed by atoms with Crippen molar-refractivity contribution in [3.63, 3.8) is 0 Å². The van der Waals surface area contributed by atoms with Gasteiger partial charge in [-0.2, -0.15) is 10.5 Å². The van der Waals surface area contributed by atoms with Crippen molar-refractivity contribution in [1.82, 2.24) is 0 Å². The quantitative estimate of drug-likeness (QED) is 0.628. The van der Waals surface area contributed by atoms with Gasteiger partial charge in [-0.1, -0.05) is 40.2 Å². The summed E-state index contributed by atoms with van der Waals surface area (Å²) in [4.78, 5) is 12.3. The molecule has 2 rings (SSSR count). The van der Waals surface area contributed by atoms with Crippen molar-refractivity contribution < 1.29 is 9.53 Å². The molecule has 0 saturated heterocycles. The number of carbonyl (C=O) groups is 1. The van der Waals surface area contributed by atoms with Crippen LogP contribution in [0.4, 0.5) is 5.69 Å². The minimum atomic E-state index is -0.523. The second-order valence-corrected chi connectivity index (χ2v) is 5.53. The van der Waals surface area contributed by atoms with E-state index >= 15 is 0 Å². The minimum Gasteiger partial charge on any atom is -0.478 e. The van der Waals surface area contributed by atoms with Gasteiger partial charge in [0.25, 0.3) is 5.91 Å². The molecule has 0 aromatic heterocycles. The van der Waals surface area contributed by atoms with E-state index in [0.29, 0.717) is 17.0 Å². The van der Waals surface area contributed by atoms with E-state index in [-0.39, 0.29) is 12.2 Å². The van der Waals surface area contributed by atoms with Crippen LogP contribution in [0, 0.1) is 22.7 Å². The van der Waals surface area contributed by atoms with Crippen molar-refractivity contribution in [2.75, 3.05) is 11.9 Å². The third kappa shape index (κ3) is 4.70. The molecule has 1 N–H and O–H groups in total. The molecule has 0 aliphatic heterocycles. The van der Waals surface area contributed by atoms with Crippen LogP contribution in [0.25, 0.3) is 6.08 Å². The van der Waals surface area contributed by atoms with E-state index in [1.807, 2.05) is 18.2 Å². The highest BCUT2D eigenvalue weighted by Gasteiger charge is 2.11. The summed E-state index contributed by atoms with van der Waals surface area (Å²) in [6.45, 7) is -0.114. The van der Waals surface area contributed by atoms with E-state index in [2.05, 4.69) is 21.2 Å². The summed E-state index contributed by atoms with van der Waals surface area (Å²) < 4.78 is 6.11. The van der Waals surface area contributed by atoms with E-state index in [4.69, 9.17) is 10.00 Å². The molecule has 0 aliphatic carbocycles. The Bertz CT molecular complexity index is 863. The van der Waals surface area contributed by atoms with E-state index < -0.39 is 5.91 Å². The topological polar surface area (TPSA) is 85.9 Å². The lowest BCUT2D eigenvalue weighted by Crippen LogP contribution is -2.13. The molecule has 1 amide bonds. The van der Waals surface area contributed by atoms with Crippen LogP contribution in [0.3, 0.4) is 0 Å². The molecule has 2 aromatic rings. The van der Waals surface area contributed by atoms with Gasteiger partial charge < -0.3 is 10.1 Å². The van der Waals surface area contributed by atoms with Crippen LogP contribution in [0.15, 0.2) is 58.6 Å². The molecular formula is C18H12BrN3O2. The third-order valence-corrected chi connectivity index (χ3v) is 3.45. The van der Waals surface area contributed by atoms with Gasteiger partial charge in [-0.25, -0.2) is 0 Å². The van der Waals surface area contributed by atoms with Crippen LogP contribution < -0.4 is 10.1 Å². The zero-order valence-electron chi connectivity index (χ0n) is 12.5. The summed E-state index contributed by atoms with van der Waals surface area (Å²) in [5, 5.41) is 20.6. The average molecular weight is 382 g/mol. The molecule has 0 unspecified atom stereocenters. The molecule has 0 heterocycles. The standard InChI is InChI=1S/C18H12BrN3O2/c19-15-5-3-6-16(11-15)22-18(23)14(12-21)10-13-4-1-2-7-17(13)24-9-8-20/h1-7,10-11H,9H2,(H,22,23)/b14-10-. The van der Waals surface area contributed by atoms with Crippen molar-refractivity contribution >= 4 is 33.6 Å². The first-order chi connectivity index (χ1) is 11.6. The van der Waals surface area contributed by atoms with Gasteiger partial charge in [-0.3, -0.25) is 4.79 Å². The van der Waals surface area contributed by atoms with Gasteiger partial charge in [0, 0.05) is 15.7 Å². The van der Waals surface area contributed by atoms with Crippen molar-refractivity contribution in [3.05, 3.63) is 64.1 Å². The molecule has 5 nitrogen and oxygen atoms in total. The Morgan fingerprint density at radius 2 is 2.00 bits per heavy atom. The Labute approximate surface area is 147 Å². The van der Waals surface area contributed by atoms with Gasteiger partial charge in [0.15, 0.2) is 6.61 Å². The second-order valence-electron chi connectivity index (χ2n) is 4.62. The SMILES string of the molecule is N#CCOc1ccccc1/C=C(/C#N)C(=O)Nc1cccc(Br)c1. The van der Waals surface area contributed by atoms with E-state index in [9.17, 15) is 10.1 Å². The lowest BCUT2D eigenvalue weighted by Gasteiger charge is -2.07. The smallest absolute Gasteiger partial charge is 0.266 e. The van der Waals surface area contributed by atoms with E-state index in [1.165, 1.54) is 6.08 Å². The van der Waals surface area contributed by atoms with Gasteiger partial charge >= 0.3 is 0 Å². The molecule has 6 heteroatoms. The Hall–Kier alpha value is -3.09. The van der Waals surface area contributed by atoms with E-state index in [1.54, 1.807) is 42.5 Å². The van der Waals surface area contributed by atoms with Crippen LogP contribution in [0.1, 0.15) is 5.56 Å². The maximum absolute atomic E-state index is 12.3. The number of ether oxygens (including phenoxy) is 1. The Morgan fingerprint density at radius 1 is 1.21 bits per heavy atom. The number of nitrogens with one attached hydrogen (secondary N) is 1. The lowest BCUT2D eigenvalue weighted by molar-refractivity contribution is -0.112. The Balaban J connectivity index is 2.25. The molecule has 24 heavy (non-hydrogen) atoms. The number of anilines is 1. The third-order valence-electron chi connectivity index (χ3n) is 2.96. The molecule has 0 radical (unpaired) electrons. The fourth-order valence-electron chi connectivity index (χ4n) is 1.91. The number of hydrogen-bond donors (Lipinski definition) is 1. The number of benzene rings is 2. The largest absolute Gasteiger partial charge is 0.478 e. The highest BCUT2D eigenvalue weighted by Crippen LogP contribution is 2.22. The highest BCUT2D eigenvalue weighted by molar-refractivity contribution is 9.10. The molecule has 0 spiro atoms. The first-order valence-electron chi connectivity index (χ1n) is 6.91. The second kappa shape index (κ2) is 8.52. The maximum atomic E-state index is 12.3. The summed E-state index contributed by atoms with van der Waals surface area (Å²) in [5.41, 5.74) is 1.06. The fourth-order valence-corrected chi connectivity index (χ4v) is 2.31. The first kappa shape index (κ1) is 17.3. The van der Waals surface area contributed by atoms with E-state index in [0.717, 1.165) is 4.47 Å². The van der Waals surface area contributed by atoms with Gasteiger partial charge in [0.05, 0.1) is 0 Å². The number of nitriles is 2. The maximum Gasteiger partial charge on any atom is 0.266 e. The van der Waals surface area contributed by atoms with Crippen molar-refractivity contribution in [2.45, 2.75) is 0 Å². The minimum absolute atomic E-state index is 0.0667. The normalized spacial score (nSPS) is 10.4. The molecule has 0 aliphatic rings. The number of para-hydroxylation sites is 1. The Kier molecular flexibility index (Phi) is 6.13. The van der Waals surface area contributed by atoms with Gasteiger partial charge in [-0.05, 0) is 30.3 Å². The van der Waals surface area contributed by atoms with Crippen LogP contribution >= 0.6 is 15.9 Å². The predicted molar refractivity (Wildman–Crippen MR) is 93.9 cm³/mol. The number of rotatable bonds is 5. The summed E-state index contributed by atoms with van der Waals surface area (Å²) in [7, 11) is 0. The molecule has 0 bridgehead atoms. The lowest BCUT2D eigenvalue weighted by atomic mass is 10.1. The number of amides is 1. The molecule has 118 valence electrons. The van der Waals surface area contributed by atoms with Gasteiger partial charge in [0.2, 0.25) is 0 Å². The van der Waals surface area contributed by atoms with Crippen molar-refractivity contribution in [3.8, 4) is 17.9 Å². The summed E-state index contributed by atoms with van der Waals surface area (Å²) in [6, 6.07) is 17.7. The van der Waals surface area contributed by atoms with Crippen LogP contribution in [0.5, 0.6) is 5.75 Å². The highest BCUT2D eigenvalue weighted by atomic mass is 79.9. The number of carbonyl (C=O) groups excluding carboxylic acids is 1. The number of halogens is 1. The monoisotopic (exact) mass is 381 g/mol. The zero-order chi connectivity index (χ0) is 17.4. The molecular weight excluding hydrogens is 370 g/mol. The van der Waals surface area contributed by atoms with Gasteiger partial charge in [-0.15, -0.1) is 0 Å². The average Bonchev–Trinajstić information content (AvgIpc) is 2.58. The number of nitrogens with zero attached hydrogens (tertiary/aromatic N) is 2. The number of hydrogen-bond acceptors (Lipinski definition) is 4. The van der Waals surface area contributed by atoms with Crippen molar-refractivity contribution in [1.29, 1.82) is 10.5 Å². The fraction of sp³-hybridized carbons (Fsp3) is 0.0556. The summed E-state index contributed by atoms with van der Waals surface area (Å²) in [6.07, 6.45) is 1.43. The summed E-state index contributed by atoms with van der Waals surface area (Å²) >= 11 is 3.32. The van der Waals surface area contributed by atoms with Gasteiger partial charge in [0.1, 0.15) is 23.5 Å². The van der Waals surface area contributed by atoms with Crippen LogP contribution in [-0.4, -0.2) is 12.5 Å². The molecule has 2 aromatic carbocycles. The predicted octanol–water partition coefficient (Wildman–Crippen LogP) is 3.90. The molecule has 0 atom stereocenters. The first-order valence-corrected chi connectivity index (χ1v) is 7.71. The van der Waals surface area contributed by atoms with Crippen LogP contribution in [0.2, 0.25) is 0 Å². The molecule has 0 saturated carbocycles. The summed E-state index contributed by atoms with van der Waals surface area (Å²) in [5.74, 6) is -0.0901. The van der Waals surface area contributed by atoms with Crippen LogP contribution in [-0.2, 0) is 4.79 Å². The zero-order valence-corrected chi connectivity index (χ0v) is 14.1. The molecule has 0 fully saturated rings. The Morgan fingerprint density at radius 3 is 2.71 bits per heavy atom.